The zero-order valence-electron chi connectivity index (χ0n) is 8.69. The van der Waals surface area contributed by atoms with E-state index in [2.05, 4.69) is 12.0 Å². The van der Waals surface area contributed by atoms with Crippen molar-refractivity contribution >= 4 is 0 Å². The highest BCUT2D eigenvalue weighted by Gasteiger charge is 2.29. The van der Waals surface area contributed by atoms with Crippen LogP contribution >= 0.6 is 0 Å². The predicted octanol–water partition coefficient (Wildman–Crippen LogP) is 1.61. The van der Waals surface area contributed by atoms with Crippen LogP contribution < -0.4 is 0 Å². The summed E-state index contributed by atoms with van der Waals surface area (Å²) in [6.07, 6.45) is 6.02. The fraction of sp³-hybridized carbons (Fsp3) is 0.727. The number of hydrogen-bond donors (Lipinski definition) is 1. The van der Waals surface area contributed by atoms with Crippen molar-refractivity contribution in [1.29, 1.82) is 0 Å². The lowest BCUT2D eigenvalue weighted by atomic mass is 10.1. The molecule has 0 saturated heterocycles. The third kappa shape index (κ3) is 2.15. The molecule has 1 aromatic heterocycles. The Balaban J connectivity index is 1.84. The van der Waals surface area contributed by atoms with Gasteiger partial charge in [-0.2, -0.15) is 5.10 Å². The largest absolute Gasteiger partial charge is 0.393 e. The molecule has 1 aliphatic carbocycles. The fourth-order valence-corrected chi connectivity index (χ4v) is 1.87. The predicted molar refractivity (Wildman–Crippen MR) is 55.0 cm³/mol. The van der Waals surface area contributed by atoms with Crippen molar-refractivity contribution in [3.05, 3.63) is 18.0 Å². The van der Waals surface area contributed by atoms with E-state index >= 15 is 0 Å². The first-order valence-electron chi connectivity index (χ1n) is 5.50. The maximum Gasteiger partial charge on any atom is 0.0572 e. The van der Waals surface area contributed by atoms with Crippen molar-refractivity contribution < 1.29 is 5.11 Å². The smallest absolute Gasteiger partial charge is 0.0572 e. The number of aliphatic hydroxyl groups is 1. The number of nitrogens with zero attached hydrogens (tertiary/aromatic N) is 2. The Kier molecular flexibility index (Phi) is 2.87. The van der Waals surface area contributed by atoms with Gasteiger partial charge < -0.3 is 5.11 Å². The minimum Gasteiger partial charge on any atom is -0.393 e. The minimum absolute atomic E-state index is 0.0878. The van der Waals surface area contributed by atoms with E-state index in [4.69, 9.17) is 0 Å². The fourth-order valence-electron chi connectivity index (χ4n) is 1.87. The lowest BCUT2D eigenvalue weighted by Crippen LogP contribution is -2.12. The van der Waals surface area contributed by atoms with Gasteiger partial charge in [0.25, 0.3) is 0 Å². The highest BCUT2D eigenvalue weighted by Crippen LogP contribution is 2.34. The van der Waals surface area contributed by atoms with Gasteiger partial charge in [0.1, 0.15) is 0 Å². The molecule has 2 rings (SSSR count). The van der Waals surface area contributed by atoms with E-state index in [9.17, 15) is 5.11 Å². The third-order valence-electron chi connectivity index (χ3n) is 2.97. The van der Waals surface area contributed by atoms with E-state index < -0.39 is 0 Å². The molecule has 1 saturated carbocycles. The number of aryl methyl sites for hydroxylation is 2. The molecule has 1 atom stereocenters. The van der Waals surface area contributed by atoms with Gasteiger partial charge in [-0.15, -0.1) is 0 Å². The van der Waals surface area contributed by atoms with Gasteiger partial charge in [-0.1, -0.05) is 0 Å². The van der Waals surface area contributed by atoms with Crippen LogP contribution in [-0.2, 0) is 13.0 Å². The van der Waals surface area contributed by atoms with Gasteiger partial charge in [0.05, 0.1) is 6.10 Å². The first-order valence-corrected chi connectivity index (χ1v) is 5.50. The zero-order chi connectivity index (χ0) is 9.97. The van der Waals surface area contributed by atoms with Crippen molar-refractivity contribution in [3.8, 4) is 0 Å². The molecule has 1 fully saturated rings. The second kappa shape index (κ2) is 4.13. The van der Waals surface area contributed by atoms with Gasteiger partial charge in [0, 0.05) is 18.4 Å². The molecule has 0 bridgehead atoms. The summed E-state index contributed by atoms with van der Waals surface area (Å²) >= 11 is 0. The molecule has 14 heavy (non-hydrogen) atoms. The molecule has 0 radical (unpaired) electrons. The van der Waals surface area contributed by atoms with Gasteiger partial charge in [0.2, 0.25) is 0 Å². The Morgan fingerprint density at radius 3 is 3.07 bits per heavy atom. The van der Waals surface area contributed by atoms with Gasteiger partial charge >= 0.3 is 0 Å². The standard InChI is InChI=1S/C11H18N2O/c1-2-13-10(7-8-12-13)5-6-11(14)9-3-4-9/h7-9,11,14H,2-6H2,1H3. The van der Waals surface area contributed by atoms with Gasteiger partial charge in [0.15, 0.2) is 0 Å². The van der Waals surface area contributed by atoms with Crippen LogP contribution in [-0.4, -0.2) is 21.0 Å². The number of rotatable bonds is 5. The minimum atomic E-state index is -0.0878. The van der Waals surface area contributed by atoms with Gasteiger partial charge in [-0.3, -0.25) is 4.68 Å². The summed E-state index contributed by atoms with van der Waals surface area (Å²) in [6, 6.07) is 2.04. The quantitative estimate of drug-likeness (QED) is 0.773. The summed E-state index contributed by atoms with van der Waals surface area (Å²) in [5.74, 6) is 0.591. The molecule has 0 spiro atoms. The molecule has 1 unspecified atom stereocenters. The van der Waals surface area contributed by atoms with Crippen LogP contribution in [0.2, 0.25) is 0 Å². The Hall–Kier alpha value is -0.830. The average Bonchev–Trinajstić information content (AvgIpc) is 2.94. The highest BCUT2D eigenvalue weighted by molar-refractivity contribution is 5.01. The number of aromatic nitrogens is 2. The molecule has 0 aliphatic heterocycles. The van der Waals surface area contributed by atoms with Crippen molar-refractivity contribution in [1.82, 2.24) is 9.78 Å². The Morgan fingerprint density at radius 2 is 2.43 bits per heavy atom. The topological polar surface area (TPSA) is 38.0 Å². The average molecular weight is 194 g/mol. The summed E-state index contributed by atoms with van der Waals surface area (Å²) < 4.78 is 2.00. The van der Waals surface area contributed by atoms with Crippen LogP contribution in [0.25, 0.3) is 0 Å². The van der Waals surface area contributed by atoms with E-state index in [1.165, 1.54) is 18.5 Å². The Morgan fingerprint density at radius 1 is 1.64 bits per heavy atom. The van der Waals surface area contributed by atoms with Crippen LogP contribution in [0.1, 0.15) is 31.9 Å². The first-order chi connectivity index (χ1) is 6.81. The molecule has 1 N–H and O–H groups in total. The summed E-state index contributed by atoms with van der Waals surface area (Å²) in [6.45, 7) is 3.01. The van der Waals surface area contributed by atoms with Crippen molar-refractivity contribution in [2.75, 3.05) is 0 Å². The summed E-state index contributed by atoms with van der Waals surface area (Å²) in [5, 5.41) is 13.9. The lowest BCUT2D eigenvalue weighted by molar-refractivity contribution is 0.141. The normalized spacial score (nSPS) is 18.4. The van der Waals surface area contributed by atoms with Crippen LogP contribution in [0.3, 0.4) is 0 Å². The number of hydrogen-bond acceptors (Lipinski definition) is 2. The second-order valence-electron chi connectivity index (χ2n) is 4.08. The third-order valence-corrected chi connectivity index (χ3v) is 2.97. The van der Waals surface area contributed by atoms with E-state index in [-0.39, 0.29) is 6.10 Å². The molecule has 78 valence electrons. The Bertz CT molecular complexity index is 291. The molecule has 3 heteroatoms. The SMILES string of the molecule is CCn1nccc1CCC(O)C1CC1. The summed E-state index contributed by atoms with van der Waals surface area (Å²) in [4.78, 5) is 0. The maximum absolute atomic E-state index is 9.72. The number of aliphatic hydroxyl groups excluding tert-OH is 1. The molecular formula is C11H18N2O. The van der Waals surface area contributed by atoms with Crippen molar-refractivity contribution in [2.24, 2.45) is 5.92 Å². The summed E-state index contributed by atoms with van der Waals surface area (Å²) in [7, 11) is 0. The van der Waals surface area contributed by atoms with Crippen molar-refractivity contribution in [3.63, 3.8) is 0 Å². The zero-order valence-corrected chi connectivity index (χ0v) is 8.69. The van der Waals surface area contributed by atoms with Gasteiger partial charge in [-0.05, 0) is 44.6 Å². The van der Waals surface area contributed by atoms with E-state index in [0.29, 0.717) is 5.92 Å². The monoisotopic (exact) mass is 194 g/mol. The van der Waals surface area contributed by atoms with Crippen LogP contribution in [0.4, 0.5) is 0 Å². The van der Waals surface area contributed by atoms with E-state index in [1.54, 1.807) is 0 Å². The first kappa shape index (κ1) is 9.71. The maximum atomic E-state index is 9.72. The molecule has 0 aromatic carbocycles. The van der Waals surface area contributed by atoms with Crippen LogP contribution in [0, 0.1) is 5.92 Å². The van der Waals surface area contributed by atoms with Crippen LogP contribution in [0.15, 0.2) is 12.3 Å². The van der Waals surface area contributed by atoms with E-state index in [1.807, 2.05) is 16.9 Å². The molecule has 0 amide bonds. The van der Waals surface area contributed by atoms with Crippen LogP contribution in [0.5, 0.6) is 0 Å². The van der Waals surface area contributed by atoms with Crippen molar-refractivity contribution in [2.45, 2.75) is 45.3 Å². The second-order valence-corrected chi connectivity index (χ2v) is 4.08. The molecular weight excluding hydrogens is 176 g/mol. The summed E-state index contributed by atoms with van der Waals surface area (Å²) in [5.41, 5.74) is 1.24. The Labute approximate surface area is 84.7 Å². The van der Waals surface area contributed by atoms with Gasteiger partial charge in [-0.25, -0.2) is 0 Å². The molecule has 1 aliphatic rings. The highest BCUT2D eigenvalue weighted by atomic mass is 16.3. The lowest BCUT2D eigenvalue weighted by Gasteiger charge is -2.09. The molecule has 3 nitrogen and oxygen atoms in total. The molecule has 1 aromatic rings. The molecule has 1 heterocycles. The van der Waals surface area contributed by atoms with E-state index in [0.717, 1.165) is 19.4 Å².